The summed E-state index contributed by atoms with van der Waals surface area (Å²) in [5, 5.41) is 0.538. The van der Waals surface area contributed by atoms with Crippen LogP contribution in [0.25, 0.3) is 11.3 Å². The zero-order valence-corrected chi connectivity index (χ0v) is 8.99. The molecule has 0 N–H and O–H groups in total. The summed E-state index contributed by atoms with van der Waals surface area (Å²) < 4.78 is 0. The fourth-order valence-electron chi connectivity index (χ4n) is 1.29. The van der Waals surface area contributed by atoms with Gasteiger partial charge < -0.3 is 0 Å². The second kappa shape index (κ2) is 4.03. The Balaban J connectivity index is 2.50. The van der Waals surface area contributed by atoms with E-state index in [1.165, 1.54) is 0 Å². The van der Waals surface area contributed by atoms with Gasteiger partial charge in [0.1, 0.15) is 7.85 Å². The number of hydrogen-bond acceptors (Lipinski definition) is 2. The van der Waals surface area contributed by atoms with E-state index in [0.29, 0.717) is 10.5 Å². The van der Waals surface area contributed by atoms with Gasteiger partial charge in [-0.2, -0.15) is 0 Å². The summed E-state index contributed by atoms with van der Waals surface area (Å²) in [7, 11) is 5.63. The Morgan fingerprint density at radius 3 is 2.73 bits per heavy atom. The van der Waals surface area contributed by atoms with Crippen LogP contribution in [0.15, 0.2) is 30.6 Å². The lowest BCUT2D eigenvalue weighted by Crippen LogP contribution is -2.03. The highest BCUT2D eigenvalue weighted by Gasteiger charge is 2.02. The maximum Gasteiger partial charge on any atom is 0.115 e. The van der Waals surface area contributed by atoms with Gasteiger partial charge in [-0.15, -0.1) is 0 Å². The van der Waals surface area contributed by atoms with Crippen LogP contribution >= 0.6 is 11.6 Å². The van der Waals surface area contributed by atoms with Crippen LogP contribution in [0.3, 0.4) is 0 Å². The second-order valence-electron chi connectivity index (χ2n) is 3.28. The molecular formula is C11H8BClN2. The maximum absolute atomic E-state index is 5.93. The van der Waals surface area contributed by atoms with Crippen molar-refractivity contribution in [1.29, 1.82) is 0 Å². The van der Waals surface area contributed by atoms with Gasteiger partial charge in [-0.3, -0.25) is 4.98 Å². The molecule has 0 saturated heterocycles. The van der Waals surface area contributed by atoms with Crippen molar-refractivity contribution in [3.8, 4) is 11.3 Å². The Morgan fingerprint density at radius 2 is 2.07 bits per heavy atom. The van der Waals surface area contributed by atoms with Gasteiger partial charge in [0.2, 0.25) is 0 Å². The third-order valence-electron chi connectivity index (χ3n) is 2.05. The molecule has 0 unspecified atom stereocenters. The van der Waals surface area contributed by atoms with Gasteiger partial charge in [0, 0.05) is 16.8 Å². The number of halogens is 1. The Morgan fingerprint density at radius 1 is 1.27 bits per heavy atom. The topological polar surface area (TPSA) is 25.8 Å². The highest BCUT2D eigenvalue weighted by molar-refractivity contribution is 6.45. The standard InChI is InChI=1S/C11H8BClN2/c1-7-5-14-6-11(15-7)8-2-3-9(12)10(13)4-8/h2-6H,1H3. The average molecular weight is 214 g/mol. The summed E-state index contributed by atoms with van der Waals surface area (Å²) in [5.74, 6) is 0. The minimum atomic E-state index is 0.538. The third kappa shape index (κ3) is 2.18. The molecule has 0 atom stereocenters. The van der Waals surface area contributed by atoms with E-state index in [2.05, 4.69) is 9.97 Å². The van der Waals surface area contributed by atoms with Gasteiger partial charge in [-0.25, -0.2) is 4.98 Å². The van der Waals surface area contributed by atoms with Crippen LogP contribution in [-0.4, -0.2) is 17.8 Å². The molecule has 2 radical (unpaired) electrons. The number of aromatic nitrogens is 2. The van der Waals surface area contributed by atoms with Gasteiger partial charge in [-0.05, 0) is 13.0 Å². The van der Waals surface area contributed by atoms with Crippen molar-refractivity contribution in [2.45, 2.75) is 6.92 Å². The smallest absolute Gasteiger partial charge is 0.115 e. The van der Waals surface area contributed by atoms with Crippen molar-refractivity contribution in [3.05, 3.63) is 41.3 Å². The summed E-state index contributed by atoms with van der Waals surface area (Å²) in [6, 6.07) is 5.44. The van der Waals surface area contributed by atoms with E-state index in [1.54, 1.807) is 24.5 Å². The Bertz CT molecular complexity index is 500. The number of aryl methyl sites for hydroxylation is 1. The molecule has 2 aromatic rings. The lowest BCUT2D eigenvalue weighted by Gasteiger charge is -2.03. The van der Waals surface area contributed by atoms with Crippen LogP contribution < -0.4 is 5.46 Å². The molecule has 0 amide bonds. The molecule has 0 saturated carbocycles. The minimum Gasteiger partial charge on any atom is -0.261 e. The van der Waals surface area contributed by atoms with E-state index in [-0.39, 0.29) is 0 Å². The SMILES string of the molecule is [B]c1ccc(-c2cncc(C)n2)cc1Cl. The molecule has 0 fully saturated rings. The lowest BCUT2D eigenvalue weighted by atomic mass is 9.94. The summed E-state index contributed by atoms with van der Waals surface area (Å²) in [5.41, 5.74) is 3.17. The van der Waals surface area contributed by atoms with E-state index in [9.17, 15) is 0 Å². The van der Waals surface area contributed by atoms with Gasteiger partial charge in [0.15, 0.2) is 0 Å². The third-order valence-corrected chi connectivity index (χ3v) is 2.38. The van der Waals surface area contributed by atoms with Crippen LogP contribution in [0.5, 0.6) is 0 Å². The van der Waals surface area contributed by atoms with Crippen molar-refractivity contribution >= 4 is 24.9 Å². The minimum absolute atomic E-state index is 0.538. The first-order valence-corrected chi connectivity index (χ1v) is 4.88. The Labute approximate surface area is 94.7 Å². The number of rotatable bonds is 1. The van der Waals surface area contributed by atoms with E-state index < -0.39 is 0 Å². The molecule has 72 valence electrons. The molecule has 4 heteroatoms. The molecule has 1 aromatic carbocycles. The van der Waals surface area contributed by atoms with Crippen molar-refractivity contribution in [1.82, 2.24) is 9.97 Å². The average Bonchev–Trinajstić information content (AvgIpc) is 2.22. The molecule has 1 aromatic heterocycles. The fraction of sp³-hybridized carbons (Fsp3) is 0.0909. The summed E-state index contributed by atoms with van der Waals surface area (Å²) in [6.07, 6.45) is 3.41. The molecule has 15 heavy (non-hydrogen) atoms. The van der Waals surface area contributed by atoms with Crippen molar-refractivity contribution < 1.29 is 0 Å². The van der Waals surface area contributed by atoms with Gasteiger partial charge in [-0.1, -0.05) is 29.2 Å². The Kier molecular flexibility index (Phi) is 2.74. The summed E-state index contributed by atoms with van der Waals surface area (Å²) >= 11 is 5.93. The predicted octanol–water partition coefficient (Wildman–Crippen LogP) is 1.90. The molecule has 1 heterocycles. The van der Waals surface area contributed by atoms with E-state index >= 15 is 0 Å². The molecule has 0 spiro atoms. The van der Waals surface area contributed by atoms with Gasteiger partial charge in [0.25, 0.3) is 0 Å². The molecule has 0 bridgehead atoms. The van der Waals surface area contributed by atoms with Crippen LogP contribution in [0, 0.1) is 6.92 Å². The Hall–Kier alpha value is -1.35. The monoisotopic (exact) mass is 214 g/mol. The van der Waals surface area contributed by atoms with Crippen molar-refractivity contribution in [2.75, 3.05) is 0 Å². The van der Waals surface area contributed by atoms with Crippen LogP contribution in [0.4, 0.5) is 0 Å². The van der Waals surface area contributed by atoms with E-state index in [1.807, 2.05) is 13.0 Å². The van der Waals surface area contributed by atoms with E-state index in [4.69, 9.17) is 19.4 Å². The largest absolute Gasteiger partial charge is 0.261 e. The first-order chi connectivity index (χ1) is 7.16. The normalized spacial score (nSPS) is 10.3. The number of nitrogens with zero attached hydrogens (tertiary/aromatic N) is 2. The molecular weight excluding hydrogens is 206 g/mol. The van der Waals surface area contributed by atoms with Crippen molar-refractivity contribution in [2.24, 2.45) is 0 Å². The van der Waals surface area contributed by atoms with Crippen LogP contribution in [0.2, 0.25) is 5.02 Å². The van der Waals surface area contributed by atoms with Gasteiger partial charge in [0.05, 0.1) is 17.6 Å². The highest BCUT2D eigenvalue weighted by Crippen LogP contribution is 2.18. The lowest BCUT2D eigenvalue weighted by molar-refractivity contribution is 1.12. The van der Waals surface area contributed by atoms with Gasteiger partial charge >= 0.3 is 0 Å². The summed E-state index contributed by atoms with van der Waals surface area (Å²) in [4.78, 5) is 8.43. The molecule has 0 aliphatic heterocycles. The second-order valence-corrected chi connectivity index (χ2v) is 3.69. The van der Waals surface area contributed by atoms with Crippen LogP contribution in [-0.2, 0) is 0 Å². The van der Waals surface area contributed by atoms with E-state index in [0.717, 1.165) is 17.0 Å². The van der Waals surface area contributed by atoms with Crippen molar-refractivity contribution in [3.63, 3.8) is 0 Å². The predicted molar refractivity (Wildman–Crippen MR) is 62.6 cm³/mol. The number of hydrogen-bond donors (Lipinski definition) is 0. The number of benzene rings is 1. The maximum atomic E-state index is 5.93. The molecule has 2 nitrogen and oxygen atoms in total. The first-order valence-electron chi connectivity index (χ1n) is 4.51. The summed E-state index contributed by atoms with van der Waals surface area (Å²) in [6.45, 7) is 1.90. The molecule has 2 rings (SSSR count). The molecule has 0 aliphatic carbocycles. The highest BCUT2D eigenvalue weighted by atomic mass is 35.5. The quantitative estimate of drug-likeness (QED) is 0.678. The zero-order chi connectivity index (χ0) is 10.8. The van der Waals surface area contributed by atoms with Crippen LogP contribution in [0.1, 0.15) is 5.69 Å². The zero-order valence-electron chi connectivity index (χ0n) is 8.24. The molecule has 0 aliphatic rings. The fourth-order valence-corrected chi connectivity index (χ4v) is 1.47. The first kappa shape index (κ1) is 10.2.